The van der Waals surface area contributed by atoms with Crippen LogP contribution in [0.2, 0.25) is 0 Å². The fourth-order valence-corrected chi connectivity index (χ4v) is 4.09. The maximum absolute atomic E-state index is 14.4. The third-order valence-electron chi connectivity index (χ3n) is 6.30. The smallest absolute Gasteiger partial charge is 0.306 e. The molecule has 1 aliphatic carbocycles. The molecule has 2 aromatic carbocycles. The van der Waals surface area contributed by atoms with Crippen LogP contribution >= 0.6 is 0 Å². The number of halogens is 1. The van der Waals surface area contributed by atoms with E-state index in [1.54, 1.807) is 32.4 Å². The fourth-order valence-electron chi connectivity index (χ4n) is 4.09. The Bertz CT molecular complexity index is 1150. The molecule has 0 spiro atoms. The van der Waals surface area contributed by atoms with Gasteiger partial charge >= 0.3 is 5.97 Å². The van der Waals surface area contributed by atoms with Gasteiger partial charge in [-0.05, 0) is 66.3 Å². The summed E-state index contributed by atoms with van der Waals surface area (Å²) in [5.41, 5.74) is 3.99. The molecule has 1 heterocycles. The summed E-state index contributed by atoms with van der Waals surface area (Å²) in [6, 6.07) is 14.1. The van der Waals surface area contributed by atoms with Crippen molar-refractivity contribution >= 4 is 5.97 Å². The van der Waals surface area contributed by atoms with Gasteiger partial charge in [0.1, 0.15) is 23.4 Å². The number of fused-ring (bicyclic) bond motifs is 1. The molecule has 166 valence electrons. The number of carboxylic acid groups (broad SMARTS) is 1. The summed E-state index contributed by atoms with van der Waals surface area (Å²) in [6.07, 6.45) is 3.23. The third kappa shape index (κ3) is 4.31. The van der Waals surface area contributed by atoms with Crippen LogP contribution in [-0.4, -0.2) is 23.2 Å². The molecule has 0 fully saturated rings. The van der Waals surface area contributed by atoms with Crippen molar-refractivity contribution in [3.05, 3.63) is 77.2 Å². The number of methoxy groups -OCH3 is 1. The van der Waals surface area contributed by atoms with Crippen LogP contribution in [0, 0.1) is 11.7 Å². The van der Waals surface area contributed by atoms with Crippen LogP contribution in [0.25, 0.3) is 11.3 Å². The number of carboxylic acids is 1. The zero-order chi connectivity index (χ0) is 22.8. The minimum Gasteiger partial charge on any atom is -0.497 e. The molecule has 0 amide bonds. The Morgan fingerprint density at radius 2 is 1.97 bits per heavy atom. The number of aromatic nitrogens is 1. The lowest BCUT2D eigenvalue weighted by Gasteiger charge is -2.19. The SMILES string of the molecule is COc1ccc(F)c(-c2cc3c(cn2)C(Oc2cccc(C(C)C(C)C(=O)O)c2)CC3)c1. The molecule has 4 rings (SSSR count). The first-order chi connectivity index (χ1) is 15.4. The van der Waals surface area contributed by atoms with Crippen molar-refractivity contribution in [2.75, 3.05) is 7.11 Å². The van der Waals surface area contributed by atoms with Crippen molar-refractivity contribution in [1.29, 1.82) is 0 Å². The maximum Gasteiger partial charge on any atom is 0.306 e. The number of rotatable bonds is 7. The number of pyridine rings is 1. The number of aryl methyl sites for hydroxylation is 1. The van der Waals surface area contributed by atoms with Gasteiger partial charge < -0.3 is 14.6 Å². The van der Waals surface area contributed by atoms with Crippen LogP contribution in [0.3, 0.4) is 0 Å². The average Bonchev–Trinajstić information content (AvgIpc) is 3.20. The highest BCUT2D eigenvalue weighted by Gasteiger charge is 2.26. The van der Waals surface area contributed by atoms with Crippen LogP contribution in [0.15, 0.2) is 54.7 Å². The van der Waals surface area contributed by atoms with Crippen molar-refractivity contribution in [2.45, 2.75) is 38.7 Å². The van der Waals surface area contributed by atoms with Crippen LogP contribution < -0.4 is 9.47 Å². The zero-order valence-electron chi connectivity index (χ0n) is 18.3. The molecule has 0 aliphatic heterocycles. The predicted octanol–water partition coefficient (Wildman–Crippen LogP) is 5.79. The van der Waals surface area contributed by atoms with Crippen LogP contribution in [0.5, 0.6) is 11.5 Å². The second-order valence-corrected chi connectivity index (χ2v) is 8.25. The summed E-state index contributed by atoms with van der Waals surface area (Å²) in [5, 5.41) is 9.30. The summed E-state index contributed by atoms with van der Waals surface area (Å²) in [5.74, 6) is -0.497. The minimum atomic E-state index is -0.817. The van der Waals surface area contributed by atoms with Gasteiger partial charge in [-0.3, -0.25) is 9.78 Å². The molecule has 0 bridgehead atoms. The third-order valence-corrected chi connectivity index (χ3v) is 6.30. The molecule has 32 heavy (non-hydrogen) atoms. The summed E-state index contributed by atoms with van der Waals surface area (Å²) in [7, 11) is 1.55. The van der Waals surface area contributed by atoms with E-state index >= 15 is 0 Å². The van der Waals surface area contributed by atoms with Gasteiger partial charge in [-0.25, -0.2) is 4.39 Å². The molecular weight excluding hydrogens is 409 g/mol. The van der Waals surface area contributed by atoms with Crippen LogP contribution in [-0.2, 0) is 11.2 Å². The first kappa shape index (κ1) is 21.8. The van der Waals surface area contributed by atoms with Crippen molar-refractivity contribution in [3.63, 3.8) is 0 Å². The number of aliphatic carboxylic acids is 1. The van der Waals surface area contributed by atoms with Gasteiger partial charge in [-0.2, -0.15) is 0 Å². The molecule has 3 unspecified atom stereocenters. The molecule has 1 N–H and O–H groups in total. The quantitative estimate of drug-likeness (QED) is 0.509. The average molecular weight is 435 g/mol. The number of carbonyl (C=O) groups is 1. The van der Waals surface area contributed by atoms with Gasteiger partial charge in [-0.1, -0.05) is 26.0 Å². The lowest BCUT2D eigenvalue weighted by molar-refractivity contribution is -0.141. The van der Waals surface area contributed by atoms with E-state index in [4.69, 9.17) is 9.47 Å². The maximum atomic E-state index is 14.4. The molecule has 3 aromatic rings. The fraction of sp³-hybridized carbons (Fsp3) is 0.308. The van der Waals surface area contributed by atoms with Gasteiger partial charge in [0.25, 0.3) is 0 Å². The number of benzene rings is 2. The van der Waals surface area contributed by atoms with E-state index in [9.17, 15) is 14.3 Å². The van der Waals surface area contributed by atoms with Crippen LogP contribution in [0.1, 0.15) is 49.0 Å². The lowest BCUT2D eigenvalue weighted by Crippen LogP contribution is -2.16. The first-order valence-electron chi connectivity index (χ1n) is 10.7. The summed E-state index contributed by atoms with van der Waals surface area (Å²) < 4.78 is 25.8. The Hall–Kier alpha value is -3.41. The molecule has 1 aromatic heterocycles. The topological polar surface area (TPSA) is 68.7 Å². The number of nitrogens with zero attached hydrogens (tertiary/aromatic N) is 1. The molecule has 1 aliphatic rings. The molecule has 0 saturated heterocycles. The Morgan fingerprint density at radius 3 is 2.72 bits per heavy atom. The monoisotopic (exact) mass is 435 g/mol. The van der Waals surface area contributed by atoms with E-state index in [0.29, 0.717) is 22.8 Å². The highest BCUT2D eigenvalue weighted by Crippen LogP contribution is 2.38. The normalized spacial score (nSPS) is 16.8. The van der Waals surface area contributed by atoms with Crippen molar-refractivity contribution in [1.82, 2.24) is 4.98 Å². The van der Waals surface area contributed by atoms with Gasteiger partial charge in [0.15, 0.2) is 0 Å². The second kappa shape index (κ2) is 8.99. The Kier molecular flexibility index (Phi) is 6.12. The van der Waals surface area contributed by atoms with E-state index < -0.39 is 11.9 Å². The van der Waals surface area contributed by atoms with Gasteiger partial charge in [0.05, 0.1) is 18.7 Å². The van der Waals surface area contributed by atoms with Crippen LogP contribution in [0.4, 0.5) is 4.39 Å². The van der Waals surface area contributed by atoms with Crippen molar-refractivity contribution in [2.24, 2.45) is 5.92 Å². The highest BCUT2D eigenvalue weighted by molar-refractivity contribution is 5.71. The molecule has 0 saturated carbocycles. The largest absolute Gasteiger partial charge is 0.497 e. The summed E-state index contributed by atoms with van der Waals surface area (Å²) >= 11 is 0. The molecule has 0 radical (unpaired) electrons. The summed E-state index contributed by atoms with van der Waals surface area (Å²) in [4.78, 5) is 15.8. The lowest BCUT2D eigenvalue weighted by atomic mass is 9.89. The van der Waals surface area contributed by atoms with E-state index in [1.807, 2.05) is 37.3 Å². The molecular formula is C26H26FNO4. The highest BCUT2D eigenvalue weighted by atomic mass is 19.1. The molecule has 3 atom stereocenters. The first-order valence-corrected chi connectivity index (χ1v) is 10.7. The number of ether oxygens (including phenoxy) is 2. The van der Waals surface area contributed by atoms with Gasteiger partial charge in [0.2, 0.25) is 0 Å². The van der Waals surface area contributed by atoms with Crippen molar-refractivity contribution in [3.8, 4) is 22.8 Å². The molecule has 6 heteroatoms. The van der Waals surface area contributed by atoms with Crippen molar-refractivity contribution < 1.29 is 23.8 Å². The second-order valence-electron chi connectivity index (χ2n) is 8.25. The van der Waals surface area contributed by atoms with E-state index in [2.05, 4.69) is 4.98 Å². The standard InChI is InChI=1S/C26H26FNO4/c1-15(16(2)26(29)30)17-5-4-6-20(11-17)32-25-10-7-18-12-24(28-14-22(18)25)21-13-19(31-3)8-9-23(21)27/h4-6,8-9,11-16,25H,7,10H2,1-3H3,(H,29,30). The van der Waals surface area contributed by atoms with E-state index in [1.165, 1.54) is 6.07 Å². The Labute approximate surface area is 186 Å². The minimum absolute atomic E-state index is 0.131. The summed E-state index contributed by atoms with van der Waals surface area (Å²) in [6.45, 7) is 3.62. The van der Waals surface area contributed by atoms with Gasteiger partial charge in [0, 0.05) is 17.3 Å². The Balaban J connectivity index is 1.55. The predicted molar refractivity (Wildman–Crippen MR) is 120 cm³/mol. The van der Waals surface area contributed by atoms with Gasteiger partial charge in [-0.15, -0.1) is 0 Å². The van der Waals surface area contributed by atoms with E-state index in [0.717, 1.165) is 29.5 Å². The van der Waals surface area contributed by atoms with E-state index in [-0.39, 0.29) is 17.8 Å². The number of hydrogen-bond donors (Lipinski definition) is 1. The Morgan fingerprint density at radius 1 is 1.16 bits per heavy atom. The number of hydrogen-bond acceptors (Lipinski definition) is 4. The molecule has 5 nitrogen and oxygen atoms in total. The zero-order valence-corrected chi connectivity index (χ0v) is 18.3.